The van der Waals surface area contributed by atoms with Crippen LogP contribution in [0.25, 0.3) is 0 Å². The average molecular weight is 2010 g/mol. The summed E-state index contributed by atoms with van der Waals surface area (Å²) in [5, 5.41) is 12.4. The van der Waals surface area contributed by atoms with E-state index in [0.29, 0.717) is 59.1 Å². The first-order valence-electron chi connectivity index (χ1n) is 59.2. The molecule has 0 aliphatic carbocycles. The minimum atomic E-state index is -0.479. The van der Waals surface area contributed by atoms with Crippen molar-refractivity contribution in [3.8, 4) is 0 Å². The standard InChI is InChI=1S/C59H117BrO5.C53H108O4.C6H10BrClO/c1-4-7-10-13-16-19-22-25-28-31-34-37-40-46-51-62-54-59(57-65-58(61)49-44-43-45-50-60,55-63-52-47-41-38-35-32-29-26-23-20-17-14-11-8-5-2)56-64-53-48-42-39-36-33-30-27-24-21-18-15-12-9-6-3;1-4-7-10-13-16-19-22-25-28-31-34-37-40-43-46-55-50-53(49-54,51-56-47-44-41-38-35-32-29-26-23-20-17-14-11-8-5-2)52-57-48-45-42-39-36-33-30-27-24-21-18-15-12-9-6-3;7-5-3-1-2-4-6(8)9/h4-57H2,1-3H3;54H,4-52H2,1-3H3;1-5H2. The van der Waals surface area contributed by atoms with Crippen LogP contribution in [-0.2, 0) is 42.7 Å². The van der Waals surface area contributed by atoms with Crippen LogP contribution in [0, 0.1) is 10.8 Å². The van der Waals surface area contributed by atoms with Crippen molar-refractivity contribution >= 4 is 54.7 Å². The number of hydrogen-bond donors (Lipinski definition) is 1. The Morgan fingerprint density at radius 1 is 0.198 bits per heavy atom. The molecule has 0 saturated heterocycles. The Kier molecular flexibility index (Phi) is 126. The molecule has 0 rings (SSSR count). The molecule has 0 aromatic carbocycles. The van der Waals surface area contributed by atoms with Gasteiger partial charge >= 0.3 is 5.97 Å². The topological polar surface area (TPSA) is 119 Å². The lowest BCUT2D eigenvalue weighted by Crippen LogP contribution is -2.42. The van der Waals surface area contributed by atoms with Crippen molar-refractivity contribution in [2.45, 2.75) is 632 Å². The Balaban J connectivity index is -0.00000229. The lowest BCUT2D eigenvalue weighted by molar-refractivity contribution is -0.156. The molecule has 0 aromatic heterocycles. The van der Waals surface area contributed by atoms with E-state index < -0.39 is 10.8 Å². The van der Waals surface area contributed by atoms with Crippen molar-refractivity contribution in [2.24, 2.45) is 10.8 Å². The number of alkyl halides is 2. The summed E-state index contributed by atoms with van der Waals surface area (Å²) in [5.41, 5.74) is -0.935. The van der Waals surface area contributed by atoms with Gasteiger partial charge in [-0.3, -0.25) is 9.59 Å². The minimum absolute atomic E-state index is 0.0588. The second-order valence-corrected chi connectivity index (χ2v) is 43.1. The Morgan fingerprint density at radius 2 is 0.344 bits per heavy atom. The van der Waals surface area contributed by atoms with Gasteiger partial charge < -0.3 is 38.3 Å². The van der Waals surface area contributed by atoms with Crippen molar-refractivity contribution in [1.82, 2.24) is 0 Å². The van der Waals surface area contributed by atoms with Crippen molar-refractivity contribution in [3.63, 3.8) is 0 Å². The third-order valence-corrected chi connectivity index (χ3v) is 28.5. The number of unbranched alkanes of at least 4 members (excludes halogenated alkanes) is 82. The summed E-state index contributed by atoms with van der Waals surface area (Å²) in [6.45, 7) is 21.8. The zero-order valence-corrected chi connectivity index (χ0v) is 93.6. The van der Waals surface area contributed by atoms with Crippen LogP contribution in [0.1, 0.15) is 632 Å². The molecule has 131 heavy (non-hydrogen) atoms. The molecule has 0 saturated carbocycles. The van der Waals surface area contributed by atoms with Gasteiger partial charge in [-0.2, -0.15) is 0 Å². The van der Waals surface area contributed by atoms with Gasteiger partial charge in [0.15, 0.2) is 0 Å². The summed E-state index contributed by atoms with van der Waals surface area (Å²) in [4.78, 5) is 23.1. The highest BCUT2D eigenvalue weighted by Gasteiger charge is 2.35. The molecule has 13 heteroatoms. The number of aliphatic hydroxyl groups is 1. The molecule has 1 N–H and O–H groups in total. The van der Waals surface area contributed by atoms with Gasteiger partial charge in [-0.05, 0) is 75.8 Å². The summed E-state index contributed by atoms with van der Waals surface area (Å²) < 4.78 is 44.1. The van der Waals surface area contributed by atoms with Gasteiger partial charge in [0.2, 0.25) is 5.24 Å². The number of carbonyl (C=O) groups excluding carboxylic acids is 2. The van der Waals surface area contributed by atoms with Crippen LogP contribution in [-0.4, -0.2) is 119 Å². The molecule has 0 radical (unpaired) electrons. The smallest absolute Gasteiger partial charge is 0.305 e. The quantitative estimate of drug-likeness (QED) is 0.0273. The first-order chi connectivity index (χ1) is 64.6. The van der Waals surface area contributed by atoms with Gasteiger partial charge in [-0.25, -0.2) is 0 Å². The molecule has 0 aliphatic heterocycles. The largest absolute Gasteiger partial charge is 0.465 e. The van der Waals surface area contributed by atoms with E-state index in [9.17, 15) is 14.7 Å². The average Bonchev–Trinajstić information content (AvgIpc) is 0.872. The number of aliphatic hydroxyl groups excluding tert-OH is 1. The maximum atomic E-state index is 13.0. The first-order valence-corrected chi connectivity index (χ1v) is 61.8. The van der Waals surface area contributed by atoms with Crippen LogP contribution in [0.2, 0.25) is 0 Å². The first kappa shape index (κ1) is 135. The van der Waals surface area contributed by atoms with Gasteiger partial charge in [-0.1, -0.05) is 587 Å². The monoisotopic (exact) mass is 2010 g/mol. The van der Waals surface area contributed by atoms with Crippen LogP contribution in [0.3, 0.4) is 0 Å². The summed E-state index contributed by atoms with van der Waals surface area (Å²) in [6.07, 6.45) is 122. The molecular formula is C118H235Br2ClO10. The molecule has 0 amide bonds. The van der Waals surface area contributed by atoms with Gasteiger partial charge in [0.1, 0.15) is 6.61 Å². The number of halogens is 3. The fourth-order valence-electron chi connectivity index (χ4n) is 18.0. The van der Waals surface area contributed by atoms with E-state index in [0.717, 1.165) is 127 Å². The zero-order valence-electron chi connectivity index (χ0n) is 89.6. The van der Waals surface area contributed by atoms with Crippen molar-refractivity contribution in [2.75, 3.05) is 103 Å². The van der Waals surface area contributed by atoms with Gasteiger partial charge in [0.25, 0.3) is 0 Å². The molecule has 0 heterocycles. The van der Waals surface area contributed by atoms with Crippen LogP contribution in [0.15, 0.2) is 0 Å². The molecule has 0 spiro atoms. The number of esters is 1. The van der Waals surface area contributed by atoms with Gasteiger partial charge in [0.05, 0.1) is 57.1 Å². The minimum Gasteiger partial charge on any atom is -0.465 e. The summed E-state index contributed by atoms with van der Waals surface area (Å²) >= 11 is 11.9. The van der Waals surface area contributed by atoms with Crippen LogP contribution in [0.4, 0.5) is 0 Å². The fraction of sp³-hybridized carbons (Fsp3) is 0.983. The lowest BCUT2D eigenvalue weighted by Gasteiger charge is -2.33. The molecular weight excluding hydrogens is 1770 g/mol. The summed E-state index contributed by atoms with van der Waals surface area (Å²) in [6, 6.07) is 0. The van der Waals surface area contributed by atoms with E-state index in [2.05, 4.69) is 73.4 Å². The number of ether oxygens (including phenoxy) is 7. The highest BCUT2D eigenvalue weighted by atomic mass is 79.9. The van der Waals surface area contributed by atoms with Crippen LogP contribution >= 0.6 is 43.5 Å². The van der Waals surface area contributed by atoms with Crippen LogP contribution < -0.4 is 0 Å². The highest BCUT2D eigenvalue weighted by Crippen LogP contribution is 2.27. The van der Waals surface area contributed by atoms with E-state index in [-0.39, 0.29) is 17.8 Å². The molecule has 0 fully saturated rings. The number of hydrogen-bond acceptors (Lipinski definition) is 10. The van der Waals surface area contributed by atoms with E-state index in [1.165, 1.54) is 501 Å². The zero-order chi connectivity index (χ0) is 95.5. The van der Waals surface area contributed by atoms with Crippen molar-refractivity contribution in [3.05, 3.63) is 0 Å². The fourth-order valence-corrected chi connectivity index (χ4v) is 18.9. The molecule has 0 bridgehead atoms. The summed E-state index contributed by atoms with van der Waals surface area (Å²) in [5.74, 6) is -0.102. The molecule has 0 atom stereocenters. The number of carbonyl (C=O) groups is 2. The van der Waals surface area contributed by atoms with Crippen molar-refractivity contribution in [1.29, 1.82) is 0 Å². The van der Waals surface area contributed by atoms with E-state index in [1.54, 1.807) is 0 Å². The van der Waals surface area contributed by atoms with Gasteiger partial charge in [-0.15, -0.1) is 0 Å². The molecule has 0 aromatic rings. The van der Waals surface area contributed by atoms with E-state index >= 15 is 0 Å². The maximum absolute atomic E-state index is 13.0. The third-order valence-electron chi connectivity index (χ3n) is 27.2. The van der Waals surface area contributed by atoms with E-state index in [1.807, 2.05) is 0 Å². The van der Waals surface area contributed by atoms with Gasteiger partial charge in [0, 0.05) is 63.1 Å². The third kappa shape index (κ3) is 117. The van der Waals surface area contributed by atoms with E-state index in [4.69, 9.17) is 44.8 Å². The molecule has 10 nitrogen and oxygen atoms in total. The number of rotatable bonds is 115. The van der Waals surface area contributed by atoms with Crippen LogP contribution in [0.5, 0.6) is 0 Å². The second-order valence-electron chi connectivity index (χ2n) is 41.1. The Hall–Kier alpha value is 0.110. The normalized spacial score (nSPS) is 11.8. The molecule has 788 valence electrons. The second kappa shape index (κ2) is 122. The Bertz CT molecular complexity index is 1860. The predicted molar refractivity (Wildman–Crippen MR) is 585 cm³/mol. The maximum Gasteiger partial charge on any atom is 0.305 e. The predicted octanol–water partition coefficient (Wildman–Crippen LogP) is 40.1. The SMILES string of the molecule is CCCCCCCCCCCCCCCCOCC(CO)(COCCCCCCCCCCCCCCCC)COCCCCCCCCCCCCCCCC.CCCCCCCCCCCCCCCCOCC(COCCCCCCCCCCCCCCCC)(COCCCCCCCCCCCCCCCC)COC(=O)CCCCCBr.O=C(Cl)CCCCCBr. The molecule has 0 aliphatic rings. The lowest BCUT2D eigenvalue weighted by atomic mass is 9.92. The highest BCUT2D eigenvalue weighted by molar-refractivity contribution is 9.09. The Labute approximate surface area is 842 Å². The van der Waals surface area contributed by atoms with Crippen molar-refractivity contribution < 1.29 is 47.9 Å². The molecule has 0 unspecified atom stereocenters. The Morgan fingerprint density at radius 3 is 0.496 bits per heavy atom. The summed E-state index contributed by atoms with van der Waals surface area (Å²) in [7, 11) is 0.